The summed E-state index contributed by atoms with van der Waals surface area (Å²) in [6.07, 6.45) is 3.71. The van der Waals surface area contributed by atoms with Gasteiger partial charge in [-0.3, -0.25) is 9.59 Å². The van der Waals surface area contributed by atoms with Gasteiger partial charge >= 0.3 is 0 Å². The second-order valence-electron chi connectivity index (χ2n) is 7.38. The monoisotopic (exact) mass is 413 g/mol. The minimum atomic E-state index is -0.254. The number of amides is 2. The molecule has 2 amide bonds. The summed E-state index contributed by atoms with van der Waals surface area (Å²) in [4.78, 5) is 29.2. The fourth-order valence-corrected chi connectivity index (χ4v) is 3.97. The van der Waals surface area contributed by atoms with Crippen molar-refractivity contribution in [3.8, 4) is 5.75 Å². The van der Waals surface area contributed by atoms with Gasteiger partial charge in [0.2, 0.25) is 0 Å². The van der Waals surface area contributed by atoms with Crippen LogP contribution in [0.2, 0.25) is 5.02 Å². The van der Waals surface area contributed by atoms with E-state index in [1.54, 1.807) is 47.4 Å². The molecular weight excluding hydrogens is 390 g/mol. The lowest BCUT2D eigenvalue weighted by molar-refractivity contribution is -0.121. The van der Waals surface area contributed by atoms with E-state index in [2.05, 4.69) is 10.2 Å². The Labute approximate surface area is 175 Å². The summed E-state index contributed by atoms with van der Waals surface area (Å²) in [5.41, 5.74) is 1.78. The summed E-state index contributed by atoms with van der Waals surface area (Å²) in [6, 6.07) is 12.2. The van der Waals surface area contributed by atoms with E-state index in [0.717, 1.165) is 19.6 Å². The molecule has 0 spiro atoms. The molecule has 1 fully saturated rings. The number of rotatable bonds is 5. The van der Waals surface area contributed by atoms with Crippen molar-refractivity contribution in [2.45, 2.75) is 19.3 Å². The molecule has 0 aromatic heterocycles. The number of piperidine rings is 1. The van der Waals surface area contributed by atoms with Crippen LogP contribution in [0.5, 0.6) is 5.75 Å². The number of carbonyl (C=O) groups excluding carboxylic acids is 2. The van der Waals surface area contributed by atoms with Crippen LogP contribution in [0.3, 0.4) is 0 Å². The number of anilines is 2. The zero-order chi connectivity index (χ0) is 20.2. The number of ether oxygens (including phenoxy) is 1. The summed E-state index contributed by atoms with van der Waals surface area (Å²) in [6.45, 7) is 3.66. The first-order valence-corrected chi connectivity index (χ1v) is 10.3. The van der Waals surface area contributed by atoms with Crippen LogP contribution in [0, 0.1) is 0 Å². The maximum Gasteiger partial charge on any atom is 0.265 e. The SMILES string of the molecule is O=C(Nc1ccc2c(c1)N(CCN1CCCCC1)C(=O)CO2)c1cccc(Cl)c1. The van der Waals surface area contributed by atoms with Gasteiger partial charge < -0.3 is 19.9 Å². The Morgan fingerprint density at radius 1 is 1.07 bits per heavy atom. The summed E-state index contributed by atoms with van der Waals surface area (Å²) < 4.78 is 5.58. The van der Waals surface area contributed by atoms with Crippen LogP contribution < -0.4 is 15.0 Å². The molecule has 6 nitrogen and oxygen atoms in total. The highest BCUT2D eigenvalue weighted by atomic mass is 35.5. The molecule has 0 aliphatic carbocycles. The first kappa shape index (κ1) is 19.7. The molecule has 2 heterocycles. The Morgan fingerprint density at radius 3 is 2.69 bits per heavy atom. The van der Waals surface area contributed by atoms with Gasteiger partial charge in [-0.2, -0.15) is 0 Å². The summed E-state index contributed by atoms with van der Waals surface area (Å²) >= 11 is 5.98. The quantitative estimate of drug-likeness (QED) is 0.809. The predicted molar refractivity (Wildman–Crippen MR) is 114 cm³/mol. The number of hydrogen-bond acceptors (Lipinski definition) is 4. The predicted octanol–water partition coefficient (Wildman–Crippen LogP) is 3.80. The average molecular weight is 414 g/mol. The van der Waals surface area contributed by atoms with E-state index in [9.17, 15) is 9.59 Å². The van der Waals surface area contributed by atoms with Gasteiger partial charge in [0, 0.05) is 29.4 Å². The zero-order valence-electron chi connectivity index (χ0n) is 16.2. The Hall–Kier alpha value is -2.57. The van der Waals surface area contributed by atoms with Crippen LogP contribution in [0.1, 0.15) is 29.6 Å². The largest absolute Gasteiger partial charge is 0.482 e. The van der Waals surface area contributed by atoms with Crippen molar-refractivity contribution < 1.29 is 14.3 Å². The molecule has 4 rings (SSSR count). The van der Waals surface area contributed by atoms with E-state index >= 15 is 0 Å². The van der Waals surface area contributed by atoms with Crippen LogP contribution in [0.25, 0.3) is 0 Å². The molecule has 0 bridgehead atoms. The lowest BCUT2D eigenvalue weighted by Gasteiger charge is -2.33. The third-order valence-electron chi connectivity index (χ3n) is 5.34. The van der Waals surface area contributed by atoms with Crippen LogP contribution in [-0.4, -0.2) is 49.5 Å². The highest BCUT2D eigenvalue weighted by Crippen LogP contribution is 2.34. The molecule has 0 saturated carbocycles. The van der Waals surface area contributed by atoms with Crippen molar-refractivity contribution in [1.82, 2.24) is 4.90 Å². The first-order valence-electron chi connectivity index (χ1n) is 9.97. The Balaban J connectivity index is 1.50. The Kier molecular flexibility index (Phi) is 6.02. The van der Waals surface area contributed by atoms with Crippen LogP contribution in [0.15, 0.2) is 42.5 Å². The molecule has 2 aromatic carbocycles. The lowest BCUT2D eigenvalue weighted by atomic mass is 10.1. The fourth-order valence-electron chi connectivity index (χ4n) is 3.78. The number of halogens is 1. The molecular formula is C22H24ClN3O3. The van der Waals surface area contributed by atoms with Gasteiger partial charge in [-0.15, -0.1) is 0 Å². The van der Waals surface area contributed by atoms with E-state index < -0.39 is 0 Å². The van der Waals surface area contributed by atoms with E-state index in [1.165, 1.54) is 19.3 Å². The third-order valence-corrected chi connectivity index (χ3v) is 5.57. The normalized spacial score (nSPS) is 16.9. The lowest BCUT2D eigenvalue weighted by Crippen LogP contribution is -2.44. The maximum atomic E-state index is 12.5. The van der Waals surface area contributed by atoms with Crippen LogP contribution >= 0.6 is 11.6 Å². The first-order chi connectivity index (χ1) is 14.1. The number of benzene rings is 2. The van der Waals surface area contributed by atoms with Gasteiger partial charge in [0.15, 0.2) is 6.61 Å². The minimum Gasteiger partial charge on any atom is -0.482 e. The Bertz CT molecular complexity index is 912. The smallest absolute Gasteiger partial charge is 0.265 e. The summed E-state index contributed by atoms with van der Waals surface area (Å²) in [5.74, 6) is 0.340. The standard InChI is InChI=1S/C22H24ClN3O3/c23-17-6-4-5-16(13-17)22(28)24-18-7-8-20-19(14-18)26(21(27)15-29-20)12-11-25-9-2-1-3-10-25/h4-8,13-14H,1-3,9-12,15H2,(H,24,28). The summed E-state index contributed by atoms with van der Waals surface area (Å²) in [7, 11) is 0. The Morgan fingerprint density at radius 2 is 1.90 bits per heavy atom. The van der Waals surface area contributed by atoms with Crippen LogP contribution in [0.4, 0.5) is 11.4 Å². The molecule has 2 aliphatic heterocycles. The second-order valence-corrected chi connectivity index (χ2v) is 7.82. The molecule has 7 heteroatoms. The number of hydrogen-bond donors (Lipinski definition) is 1. The number of fused-ring (bicyclic) bond motifs is 1. The van der Waals surface area contributed by atoms with Crippen LogP contribution in [-0.2, 0) is 4.79 Å². The number of nitrogens with one attached hydrogen (secondary N) is 1. The summed E-state index contributed by atoms with van der Waals surface area (Å²) in [5, 5.41) is 3.38. The molecule has 0 atom stereocenters. The zero-order valence-corrected chi connectivity index (χ0v) is 17.0. The van der Waals surface area contributed by atoms with Gasteiger partial charge in [0.25, 0.3) is 11.8 Å². The topological polar surface area (TPSA) is 61.9 Å². The van der Waals surface area contributed by atoms with Gasteiger partial charge in [0.05, 0.1) is 5.69 Å². The number of nitrogens with zero attached hydrogens (tertiary/aromatic N) is 2. The van der Waals surface area contributed by atoms with Crippen molar-refractivity contribution in [1.29, 1.82) is 0 Å². The fraction of sp³-hybridized carbons (Fsp3) is 0.364. The number of carbonyl (C=O) groups is 2. The average Bonchev–Trinajstić information content (AvgIpc) is 2.74. The molecule has 1 N–H and O–H groups in total. The highest BCUT2D eigenvalue weighted by Gasteiger charge is 2.26. The molecule has 0 radical (unpaired) electrons. The molecule has 1 saturated heterocycles. The van der Waals surface area contributed by atoms with Crippen molar-refractivity contribution in [2.24, 2.45) is 0 Å². The molecule has 29 heavy (non-hydrogen) atoms. The highest BCUT2D eigenvalue weighted by molar-refractivity contribution is 6.31. The van der Waals surface area contributed by atoms with Gasteiger partial charge in [-0.05, 0) is 62.3 Å². The maximum absolute atomic E-state index is 12.5. The molecule has 2 aliphatic rings. The van der Waals surface area contributed by atoms with Crippen molar-refractivity contribution in [2.75, 3.05) is 43.0 Å². The molecule has 152 valence electrons. The van der Waals surface area contributed by atoms with E-state index in [1.807, 2.05) is 0 Å². The molecule has 0 unspecified atom stereocenters. The number of likely N-dealkylation sites (tertiary alicyclic amines) is 1. The van der Waals surface area contributed by atoms with Crippen molar-refractivity contribution >= 4 is 34.8 Å². The molecule has 2 aromatic rings. The van der Waals surface area contributed by atoms with Gasteiger partial charge in [-0.1, -0.05) is 24.1 Å². The van der Waals surface area contributed by atoms with Crippen molar-refractivity contribution in [3.63, 3.8) is 0 Å². The second kappa shape index (κ2) is 8.84. The van der Waals surface area contributed by atoms with E-state index in [0.29, 0.717) is 34.3 Å². The van der Waals surface area contributed by atoms with E-state index in [-0.39, 0.29) is 18.4 Å². The third kappa shape index (κ3) is 4.71. The van der Waals surface area contributed by atoms with E-state index in [4.69, 9.17) is 16.3 Å². The van der Waals surface area contributed by atoms with Gasteiger partial charge in [-0.25, -0.2) is 0 Å². The van der Waals surface area contributed by atoms with Crippen molar-refractivity contribution in [3.05, 3.63) is 53.1 Å². The minimum absolute atomic E-state index is 0.0429. The van der Waals surface area contributed by atoms with Gasteiger partial charge in [0.1, 0.15) is 5.75 Å².